The summed E-state index contributed by atoms with van der Waals surface area (Å²) in [7, 11) is 0. The molecule has 2 nitrogen and oxygen atoms in total. The molecule has 2 aromatic carbocycles. The molecule has 1 aromatic heterocycles. The summed E-state index contributed by atoms with van der Waals surface area (Å²) in [4.78, 5) is 7.34. The number of benzene rings is 2. The van der Waals surface area contributed by atoms with Gasteiger partial charge in [-0.15, -0.1) is 12.4 Å². The van der Waals surface area contributed by atoms with Gasteiger partial charge in [0.1, 0.15) is 11.6 Å². The van der Waals surface area contributed by atoms with Crippen LogP contribution < -0.4 is 0 Å². The first kappa shape index (κ1) is 23.2. The predicted molar refractivity (Wildman–Crippen MR) is 110 cm³/mol. The minimum Gasteiger partial charge on any atom is -0.338 e. The molecule has 0 unspecified atom stereocenters. The van der Waals surface area contributed by atoms with Crippen LogP contribution in [0.4, 0.5) is 26.3 Å². The normalized spacial score (nSPS) is 17.2. The highest BCUT2D eigenvalue weighted by atomic mass is 35.5. The Morgan fingerprint density at radius 2 is 1.77 bits per heavy atom. The van der Waals surface area contributed by atoms with Crippen LogP contribution in [0, 0.1) is 11.7 Å². The molecule has 3 aromatic rings. The topological polar surface area (TPSA) is 28.7 Å². The maximum Gasteiger partial charge on any atom is 0.417 e. The van der Waals surface area contributed by atoms with Crippen LogP contribution in [-0.2, 0) is 6.18 Å². The minimum atomic E-state index is -4.69. The van der Waals surface area contributed by atoms with Crippen molar-refractivity contribution in [1.29, 1.82) is 0 Å². The molecule has 1 aliphatic carbocycles. The predicted octanol–water partition coefficient (Wildman–Crippen LogP) is 7.65. The molecule has 0 saturated heterocycles. The van der Waals surface area contributed by atoms with Crippen molar-refractivity contribution < 1.29 is 26.3 Å². The quantitative estimate of drug-likeness (QED) is 0.399. The van der Waals surface area contributed by atoms with Gasteiger partial charge < -0.3 is 4.98 Å². The Balaban J connectivity index is 0.00000272. The molecule has 1 saturated carbocycles. The van der Waals surface area contributed by atoms with Gasteiger partial charge in [-0.25, -0.2) is 18.2 Å². The van der Waals surface area contributed by atoms with Crippen molar-refractivity contribution in [1.82, 2.24) is 9.97 Å². The highest BCUT2D eigenvalue weighted by molar-refractivity contribution is 5.85. The Labute approximate surface area is 180 Å². The Morgan fingerprint density at radius 1 is 1.06 bits per heavy atom. The molecular formula is C22H19ClF6N2. The average Bonchev–Trinajstić information content (AvgIpc) is 3.08. The minimum absolute atomic E-state index is 0. The van der Waals surface area contributed by atoms with E-state index in [1.807, 2.05) is 6.08 Å². The van der Waals surface area contributed by atoms with E-state index in [2.05, 4.69) is 9.97 Å². The molecule has 166 valence electrons. The SMILES string of the molecule is Cl.Fc1cccc(C(F)(F)F)c1-c1ccc2nc(C=CC3CCC(F)(F)CC3)[nH]c2c1. The van der Waals surface area contributed by atoms with E-state index in [0.29, 0.717) is 29.7 Å². The molecule has 9 heteroatoms. The summed E-state index contributed by atoms with van der Waals surface area (Å²) in [5.74, 6) is -3.06. The van der Waals surface area contributed by atoms with Gasteiger partial charge >= 0.3 is 6.18 Å². The average molecular weight is 461 g/mol. The standard InChI is InChI=1S/C22H18F6N2.ClH/c23-16-3-1-2-15(22(26,27)28)20(16)14-5-6-17-18(12-14)30-19(29-17)7-4-13-8-10-21(24,25)11-9-13;/h1-7,12-13H,8-11H2,(H,29,30);1H. The van der Waals surface area contributed by atoms with Crippen molar-refractivity contribution in [3.05, 3.63) is 59.7 Å². The number of alkyl halides is 5. The van der Waals surface area contributed by atoms with E-state index in [9.17, 15) is 26.3 Å². The lowest BCUT2D eigenvalue weighted by molar-refractivity contribution is -0.137. The molecule has 1 N–H and O–H groups in total. The van der Waals surface area contributed by atoms with Crippen LogP contribution in [-0.4, -0.2) is 15.9 Å². The van der Waals surface area contributed by atoms with Crippen LogP contribution in [0.5, 0.6) is 0 Å². The number of imidazole rings is 1. The largest absolute Gasteiger partial charge is 0.417 e. The van der Waals surface area contributed by atoms with Crippen LogP contribution in [0.2, 0.25) is 0 Å². The lowest BCUT2D eigenvalue weighted by atomic mass is 9.86. The number of nitrogens with zero attached hydrogens (tertiary/aromatic N) is 1. The Hall–Kier alpha value is -2.48. The number of aromatic nitrogens is 2. The van der Waals surface area contributed by atoms with E-state index in [-0.39, 0.29) is 36.7 Å². The number of aromatic amines is 1. The smallest absolute Gasteiger partial charge is 0.338 e. The molecule has 0 aliphatic heterocycles. The third kappa shape index (κ3) is 5.06. The lowest BCUT2D eigenvalue weighted by Gasteiger charge is -2.26. The van der Waals surface area contributed by atoms with Gasteiger partial charge in [0.25, 0.3) is 0 Å². The maximum atomic E-state index is 14.3. The summed E-state index contributed by atoms with van der Waals surface area (Å²) < 4.78 is 80.7. The summed E-state index contributed by atoms with van der Waals surface area (Å²) in [6, 6.07) is 7.20. The first-order valence-electron chi connectivity index (χ1n) is 9.54. The van der Waals surface area contributed by atoms with Crippen molar-refractivity contribution >= 4 is 29.5 Å². The zero-order valence-electron chi connectivity index (χ0n) is 16.1. The number of hydrogen-bond acceptors (Lipinski definition) is 1. The number of nitrogens with one attached hydrogen (secondary N) is 1. The molecule has 1 heterocycles. The van der Waals surface area contributed by atoms with Gasteiger partial charge in [0.15, 0.2) is 0 Å². The van der Waals surface area contributed by atoms with E-state index in [4.69, 9.17) is 0 Å². The molecule has 1 aliphatic rings. The summed E-state index contributed by atoms with van der Waals surface area (Å²) in [5.41, 5.74) is -0.504. The number of rotatable bonds is 3. The van der Waals surface area contributed by atoms with Crippen LogP contribution >= 0.6 is 12.4 Å². The van der Waals surface area contributed by atoms with Crippen molar-refractivity contribution in [3.63, 3.8) is 0 Å². The third-order valence-electron chi connectivity index (χ3n) is 5.40. The fourth-order valence-electron chi connectivity index (χ4n) is 3.80. The van der Waals surface area contributed by atoms with Crippen molar-refractivity contribution in [2.24, 2.45) is 5.92 Å². The van der Waals surface area contributed by atoms with Crippen molar-refractivity contribution in [2.75, 3.05) is 0 Å². The van der Waals surface area contributed by atoms with Crippen LogP contribution in [0.3, 0.4) is 0 Å². The van der Waals surface area contributed by atoms with Gasteiger partial charge in [0, 0.05) is 18.4 Å². The van der Waals surface area contributed by atoms with Crippen LogP contribution in [0.25, 0.3) is 28.2 Å². The van der Waals surface area contributed by atoms with E-state index in [0.717, 1.165) is 18.2 Å². The lowest BCUT2D eigenvalue weighted by Crippen LogP contribution is -2.23. The first-order valence-corrected chi connectivity index (χ1v) is 9.54. The van der Waals surface area contributed by atoms with Crippen molar-refractivity contribution in [3.8, 4) is 11.1 Å². The van der Waals surface area contributed by atoms with Gasteiger partial charge in [0.05, 0.1) is 16.6 Å². The molecule has 0 bridgehead atoms. The molecular weight excluding hydrogens is 442 g/mol. The Kier molecular flexibility index (Phi) is 6.41. The van der Waals surface area contributed by atoms with Crippen molar-refractivity contribution in [2.45, 2.75) is 37.8 Å². The maximum absolute atomic E-state index is 14.3. The fourth-order valence-corrected chi connectivity index (χ4v) is 3.80. The van der Waals surface area contributed by atoms with E-state index in [1.165, 1.54) is 18.2 Å². The molecule has 0 radical (unpaired) electrons. The molecule has 31 heavy (non-hydrogen) atoms. The zero-order chi connectivity index (χ0) is 21.5. The summed E-state index contributed by atoms with van der Waals surface area (Å²) >= 11 is 0. The number of fused-ring (bicyclic) bond motifs is 1. The summed E-state index contributed by atoms with van der Waals surface area (Å²) in [6.45, 7) is 0. The second-order valence-corrected chi connectivity index (χ2v) is 7.57. The van der Waals surface area contributed by atoms with Gasteiger partial charge in [-0.2, -0.15) is 13.2 Å². The highest BCUT2D eigenvalue weighted by Crippen LogP contribution is 2.39. The second-order valence-electron chi connectivity index (χ2n) is 7.57. The van der Waals surface area contributed by atoms with E-state index >= 15 is 0 Å². The second kappa shape index (κ2) is 8.57. The summed E-state index contributed by atoms with van der Waals surface area (Å²) in [5, 5.41) is 0. The molecule has 4 rings (SSSR count). The Morgan fingerprint density at radius 3 is 2.45 bits per heavy atom. The van der Waals surface area contributed by atoms with E-state index < -0.39 is 29.0 Å². The molecule has 0 amide bonds. The molecule has 0 atom stereocenters. The highest BCUT2D eigenvalue weighted by Gasteiger charge is 2.35. The summed E-state index contributed by atoms with van der Waals surface area (Å²) in [6.07, 6.45) is -0.677. The van der Waals surface area contributed by atoms with Crippen LogP contribution in [0.1, 0.15) is 37.1 Å². The molecule has 1 fully saturated rings. The van der Waals surface area contributed by atoms with Crippen LogP contribution in [0.15, 0.2) is 42.5 Å². The van der Waals surface area contributed by atoms with E-state index in [1.54, 1.807) is 6.08 Å². The number of halogens is 7. The van der Waals surface area contributed by atoms with Gasteiger partial charge in [-0.3, -0.25) is 0 Å². The number of H-pyrrole nitrogens is 1. The van der Waals surface area contributed by atoms with Gasteiger partial charge in [-0.05, 0) is 54.7 Å². The van der Waals surface area contributed by atoms with Gasteiger partial charge in [0.2, 0.25) is 5.92 Å². The molecule has 0 spiro atoms. The van der Waals surface area contributed by atoms with Gasteiger partial charge in [-0.1, -0.05) is 18.2 Å². The number of allylic oxidation sites excluding steroid dienone is 1. The zero-order valence-corrected chi connectivity index (χ0v) is 17.0. The number of hydrogen-bond donors (Lipinski definition) is 1. The monoisotopic (exact) mass is 460 g/mol. The third-order valence-corrected chi connectivity index (χ3v) is 5.40. The first-order chi connectivity index (χ1) is 14.1. The Bertz CT molecular complexity index is 1090. The fraction of sp³-hybridized carbons (Fsp3) is 0.318.